The number of hydrogen-bond donors (Lipinski definition) is 1. The van der Waals surface area contributed by atoms with E-state index < -0.39 is 10.8 Å². The van der Waals surface area contributed by atoms with Gasteiger partial charge in [0.2, 0.25) is 11.8 Å². The molecule has 36 heavy (non-hydrogen) atoms. The maximum absolute atomic E-state index is 13.9. The summed E-state index contributed by atoms with van der Waals surface area (Å²) < 4.78 is 1.58. The second-order valence-electron chi connectivity index (χ2n) is 9.30. The van der Waals surface area contributed by atoms with Gasteiger partial charge in [-0.05, 0) is 63.6 Å². The molecule has 4 aromatic rings. The largest absolute Gasteiger partial charge is 0.322 e. The standard InChI is InChI=1S/C28H26N4O3S/c1-17-11-5-9-15-22(17)31-25(34)19-12-6-7-13-20(19)30-27(31)36-18(2)24(33)32-23-16-10-8-14-21(23)29-26(35)28(32,3)4/h5-16,18H,1-4H3,(H,29,35). The zero-order valence-electron chi connectivity index (χ0n) is 20.5. The Morgan fingerprint density at radius 3 is 2.33 bits per heavy atom. The number of carbonyl (C=O) groups excluding carboxylic acids is 2. The van der Waals surface area contributed by atoms with Crippen molar-refractivity contribution in [2.24, 2.45) is 0 Å². The van der Waals surface area contributed by atoms with Gasteiger partial charge in [-0.15, -0.1) is 0 Å². The summed E-state index contributed by atoms with van der Waals surface area (Å²) in [5.41, 5.74) is 2.14. The number of amides is 2. The van der Waals surface area contributed by atoms with Gasteiger partial charge in [-0.1, -0.05) is 54.2 Å². The third kappa shape index (κ3) is 3.87. The minimum atomic E-state index is -1.09. The zero-order valence-corrected chi connectivity index (χ0v) is 21.3. The predicted molar refractivity (Wildman–Crippen MR) is 144 cm³/mol. The molecule has 0 bridgehead atoms. The third-order valence-electron chi connectivity index (χ3n) is 6.46. The number of nitrogens with zero attached hydrogens (tertiary/aromatic N) is 3. The summed E-state index contributed by atoms with van der Waals surface area (Å²) in [6.07, 6.45) is 0. The van der Waals surface area contributed by atoms with E-state index in [2.05, 4.69) is 5.32 Å². The van der Waals surface area contributed by atoms with Crippen molar-refractivity contribution < 1.29 is 9.59 Å². The van der Waals surface area contributed by atoms with Gasteiger partial charge in [0, 0.05) is 0 Å². The number of aromatic nitrogens is 2. The number of para-hydroxylation sites is 4. The Hall–Kier alpha value is -3.91. The molecule has 1 aromatic heterocycles. The maximum Gasteiger partial charge on any atom is 0.266 e. The molecule has 1 unspecified atom stereocenters. The number of fused-ring (bicyclic) bond motifs is 2. The second kappa shape index (κ2) is 8.95. The monoisotopic (exact) mass is 498 g/mol. The molecule has 0 radical (unpaired) electrons. The number of aryl methyl sites for hydroxylation is 1. The molecule has 2 heterocycles. The molecule has 0 aliphatic carbocycles. The molecule has 1 aliphatic heterocycles. The van der Waals surface area contributed by atoms with Crippen molar-refractivity contribution in [2.75, 3.05) is 10.2 Å². The van der Waals surface area contributed by atoms with Gasteiger partial charge in [0.25, 0.3) is 5.56 Å². The molecule has 1 aliphatic rings. The summed E-state index contributed by atoms with van der Waals surface area (Å²) in [6.45, 7) is 7.17. The summed E-state index contributed by atoms with van der Waals surface area (Å²) in [6, 6.07) is 22.1. The van der Waals surface area contributed by atoms with Gasteiger partial charge < -0.3 is 5.32 Å². The topological polar surface area (TPSA) is 84.3 Å². The van der Waals surface area contributed by atoms with Gasteiger partial charge >= 0.3 is 0 Å². The molecule has 0 saturated heterocycles. The first-order chi connectivity index (χ1) is 17.2. The highest BCUT2D eigenvalue weighted by Crippen LogP contribution is 2.39. The van der Waals surface area contributed by atoms with Crippen LogP contribution in [-0.2, 0) is 9.59 Å². The van der Waals surface area contributed by atoms with Crippen molar-refractivity contribution in [2.45, 2.75) is 43.6 Å². The third-order valence-corrected chi connectivity index (χ3v) is 7.50. The molecule has 8 heteroatoms. The molecular weight excluding hydrogens is 472 g/mol. The minimum absolute atomic E-state index is 0.194. The Labute approximate surface area is 213 Å². The fraction of sp³-hybridized carbons (Fsp3) is 0.214. The van der Waals surface area contributed by atoms with Crippen LogP contribution in [0.3, 0.4) is 0 Å². The van der Waals surface area contributed by atoms with E-state index in [-0.39, 0.29) is 17.4 Å². The first kappa shape index (κ1) is 23.8. The maximum atomic E-state index is 13.9. The Kier molecular flexibility index (Phi) is 5.92. The van der Waals surface area contributed by atoms with E-state index in [4.69, 9.17) is 4.98 Å². The van der Waals surface area contributed by atoms with Gasteiger partial charge in [-0.25, -0.2) is 4.98 Å². The van der Waals surface area contributed by atoms with Gasteiger partial charge in [0.15, 0.2) is 5.16 Å². The zero-order chi connectivity index (χ0) is 25.6. The number of nitrogens with one attached hydrogen (secondary N) is 1. The lowest BCUT2D eigenvalue weighted by molar-refractivity contribution is -0.126. The van der Waals surface area contributed by atoms with E-state index in [0.29, 0.717) is 33.1 Å². The molecule has 2 amide bonds. The highest BCUT2D eigenvalue weighted by Gasteiger charge is 2.45. The van der Waals surface area contributed by atoms with E-state index in [1.165, 1.54) is 11.8 Å². The highest BCUT2D eigenvalue weighted by molar-refractivity contribution is 8.00. The van der Waals surface area contributed by atoms with Crippen molar-refractivity contribution in [3.05, 3.63) is 88.7 Å². The van der Waals surface area contributed by atoms with E-state index in [1.54, 1.807) is 48.4 Å². The van der Waals surface area contributed by atoms with E-state index in [0.717, 1.165) is 5.56 Å². The summed E-state index contributed by atoms with van der Waals surface area (Å²) in [4.78, 5) is 46.7. The van der Waals surface area contributed by atoms with Crippen molar-refractivity contribution >= 4 is 45.9 Å². The lowest BCUT2D eigenvalue weighted by Crippen LogP contribution is -2.60. The lowest BCUT2D eigenvalue weighted by atomic mass is 9.96. The van der Waals surface area contributed by atoms with Crippen LogP contribution in [0.2, 0.25) is 0 Å². The van der Waals surface area contributed by atoms with E-state index in [1.807, 2.05) is 61.5 Å². The summed E-state index contributed by atoms with van der Waals surface area (Å²) in [5.74, 6) is -0.501. The van der Waals surface area contributed by atoms with Crippen LogP contribution in [0, 0.1) is 6.92 Å². The van der Waals surface area contributed by atoms with Crippen LogP contribution >= 0.6 is 11.8 Å². The summed E-state index contributed by atoms with van der Waals surface area (Å²) in [5, 5.41) is 3.18. The molecule has 7 nitrogen and oxygen atoms in total. The summed E-state index contributed by atoms with van der Waals surface area (Å²) in [7, 11) is 0. The number of thioether (sulfide) groups is 1. The van der Waals surface area contributed by atoms with Gasteiger partial charge in [0.05, 0.1) is 33.2 Å². The first-order valence-corrected chi connectivity index (χ1v) is 12.6. The molecule has 3 aromatic carbocycles. The van der Waals surface area contributed by atoms with E-state index >= 15 is 0 Å². The molecule has 1 N–H and O–H groups in total. The van der Waals surface area contributed by atoms with Crippen molar-refractivity contribution in [3.8, 4) is 5.69 Å². The number of benzene rings is 3. The van der Waals surface area contributed by atoms with Crippen LogP contribution in [0.25, 0.3) is 16.6 Å². The lowest BCUT2D eigenvalue weighted by Gasteiger charge is -2.43. The molecule has 1 atom stereocenters. The van der Waals surface area contributed by atoms with Crippen molar-refractivity contribution in [1.29, 1.82) is 0 Å². The van der Waals surface area contributed by atoms with Crippen LogP contribution in [0.1, 0.15) is 26.3 Å². The first-order valence-electron chi connectivity index (χ1n) is 11.7. The SMILES string of the molecule is Cc1ccccc1-n1c(SC(C)C(=O)N2c3ccccc3NC(=O)C2(C)C)nc2ccccc2c1=O. The normalized spacial score (nSPS) is 15.3. The molecule has 182 valence electrons. The molecule has 0 fully saturated rings. The number of carbonyl (C=O) groups is 2. The Morgan fingerprint density at radius 2 is 1.58 bits per heavy atom. The number of hydrogen-bond acceptors (Lipinski definition) is 5. The fourth-order valence-corrected chi connectivity index (χ4v) is 5.42. The van der Waals surface area contributed by atoms with Gasteiger partial charge in [-0.3, -0.25) is 23.9 Å². The molecule has 0 saturated carbocycles. The number of anilines is 2. The van der Waals surface area contributed by atoms with Crippen LogP contribution in [-0.4, -0.2) is 32.2 Å². The van der Waals surface area contributed by atoms with Gasteiger partial charge in [-0.2, -0.15) is 0 Å². The average molecular weight is 499 g/mol. The smallest absolute Gasteiger partial charge is 0.266 e. The second-order valence-corrected chi connectivity index (χ2v) is 10.6. The molecule has 5 rings (SSSR count). The number of rotatable bonds is 4. The Morgan fingerprint density at radius 1 is 0.944 bits per heavy atom. The minimum Gasteiger partial charge on any atom is -0.322 e. The van der Waals surface area contributed by atoms with Crippen LogP contribution in [0.5, 0.6) is 0 Å². The van der Waals surface area contributed by atoms with Crippen LogP contribution < -0.4 is 15.8 Å². The quantitative estimate of drug-likeness (QED) is 0.318. The average Bonchev–Trinajstić information content (AvgIpc) is 2.85. The Bertz CT molecular complexity index is 1580. The van der Waals surface area contributed by atoms with E-state index in [9.17, 15) is 14.4 Å². The molecular formula is C28H26N4O3S. The highest BCUT2D eigenvalue weighted by atomic mass is 32.2. The fourth-order valence-electron chi connectivity index (χ4n) is 4.45. The van der Waals surface area contributed by atoms with Gasteiger partial charge in [0.1, 0.15) is 5.54 Å². The summed E-state index contributed by atoms with van der Waals surface area (Å²) >= 11 is 1.21. The Balaban J connectivity index is 1.61. The van der Waals surface area contributed by atoms with Crippen LogP contribution in [0.4, 0.5) is 11.4 Å². The molecule has 0 spiro atoms. The van der Waals surface area contributed by atoms with Crippen LogP contribution in [0.15, 0.2) is 82.7 Å². The predicted octanol–water partition coefficient (Wildman–Crippen LogP) is 4.94. The van der Waals surface area contributed by atoms with Crippen molar-refractivity contribution in [1.82, 2.24) is 9.55 Å². The van der Waals surface area contributed by atoms with Crippen molar-refractivity contribution in [3.63, 3.8) is 0 Å².